The van der Waals surface area contributed by atoms with Crippen molar-refractivity contribution in [1.29, 1.82) is 0 Å². The van der Waals surface area contributed by atoms with Crippen LogP contribution in [0.25, 0.3) is 0 Å². The zero-order valence-corrected chi connectivity index (χ0v) is 10.0. The fraction of sp³-hybridized carbons (Fsp3) is 0.909. The van der Waals surface area contributed by atoms with Crippen LogP contribution in [0.3, 0.4) is 0 Å². The summed E-state index contributed by atoms with van der Waals surface area (Å²) >= 11 is 0. The van der Waals surface area contributed by atoms with Crippen LogP contribution in [0.1, 0.15) is 41.0 Å². The van der Waals surface area contributed by atoms with Gasteiger partial charge in [0.05, 0.1) is 0 Å². The Morgan fingerprint density at radius 3 is 2.14 bits per heavy atom. The molecule has 0 saturated heterocycles. The molecular weight excluding hydrogens is 178 g/mol. The Bertz CT molecular complexity index is 192. The van der Waals surface area contributed by atoms with E-state index in [4.69, 9.17) is 10.5 Å². The monoisotopic (exact) mass is 201 g/mol. The van der Waals surface area contributed by atoms with E-state index in [9.17, 15) is 4.79 Å². The van der Waals surface area contributed by atoms with E-state index in [-0.39, 0.29) is 12.4 Å². The average molecular weight is 201 g/mol. The first-order valence-corrected chi connectivity index (χ1v) is 5.13. The van der Waals surface area contributed by atoms with Gasteiger partial charge in [0.2, 0.25) is 0 Å². The molecule has 2 N–H and O–H groups in total. The number of nitrogens with two attached hydrogens (primary N) is 1. The molecular formula is C11H23NO2. The zero-order chi connectivity index (χ0) is 11.4. The minimum absolute atomic E-state index is 0.0680. The van der Waals surface area contributed by atoms with Crippen molar-refractivity contribution in [2.75, 3.05) is 13.2 Å². The van der Waals surface area contributed by atoms with Gasteiger partial charge in [-0.2, -0.15) is 0 Å². The molecule has 0 aromatic heterocycles. The van der Waals surface area contributed by atoms with Crippen LogP contribution in [-0.4, -0.2) is 24.5 Å². The molecule has 0 aliphatic heterocycles. The molecule has 3 nitrogen and oxygen atoms in total. The molecule has 0 heterocycles. The number of carbonyl (C=O) groups is 1. The van der Waals surface area contributed by atoms with Crippen molar-refractivity contribution in [2.24, 2.45) is 11.1 Å². The normalized spacial score (nSPS) is 13.0. The van der Waals surface area contributed by atoms with Gasteiger partial charge < -0.3 is 10.5 Å². The first-order valence-electron chi connectivity index (χ1n) is 5.13. The highest BCUT2D eigenvalue weighted by Gasteiger charge is 2.39. The Balaban J connectivity index is 4.23. The van der Waals surface area contributed by atoms with Crippen molar-refractivity contribution >= 4 is 5.78 Å². The smallest absolute Gasteiger partial charge is 0.165 e. The minimum atomic E-state index is -0.541. The van der Waals surface area contributed by atoms with Crippen molar-refractivity contribution in [3.8, 4) is 0 Å². The highest BCUT2D eigenvalue weighted by Crippen LogP contribution is 2.29. The molecule has 0 rings (SSSR count). The number of rotatable bonds is 6. The second-order valence-corrected chi connectivity index (χ2v) is 4.82. The van der Waals surface area contributed by atoms with Gasteiger partial charge in [-0.15, -0.1) is 0 Å². The van der Waals surface area contributed by atoms with E-state index < -0.39 is 11.0 Å². The van der Waals surface area contributed by atoms with Crippen LogP contribution in [0.4, 0.5) is 0 Å². The topological polar surface area (TPSA) is 52.3 Å². The predicted molar refractivity (Wildman–Crippen MR) is 58.2 cm³/mol. The maximum absolute atomic E-state index is 11.8. The van der Waals surface area contributed by atoms with E-state index >= 15 is 0 Å². The van der Waals surface area contributed by atoms with Crippen molar-refractivity contribution < 1.29 is 9.53 Å². The van der Waals surface area contributed by atoms with Gasteiger partial charge in [-0.25, -0.2) is 0 Å². The summed E-state index contributed by atoms with van der Waals surface area (Å²) in [5.41, 5.74) is 4.89. The summed E-state index contributed by atoms with van der Waals surface area (Å²) in [5, 5.41) is 0. The van der Waals surface area contributed by atoms with Gasteiger partial charge >= 0.3 is 0 Å². The molecule has 0 spiro atoms. The quantitative estimate of drug-likeness (QED) is 0.666. The molecule has 0 radical (unpaired) electrons. The first kappa shape index (κ1) is 13.6. The zero-order valence-electron chi connectivity index (χ0n) is 10.0. The highest BCUT2D eigenvalue weighted by atomic mass is 16.5. The molecule has 0 fully saturated rings. The Hall–Kier alpha value is -0.410. The van der Waals surface area contributed by atoms with E-state index in [1.807, 2.05) is 34.6 Å². The number of hydrogen-bond acceptors (Lipinski definition) is 3. The molecule has 0 aliphatic carbocycles. The molecule has 0 unspecified atom stereocenters. The summed E-state index contributed by atoms with van der Waals surface area (Å²) < 4.78 is 5.22. The van der Waals surface area contributed by atoms with Crippen LogP contribution in [0.5, 0.6) is 0 Å². The lowest BCUT2D eigenvalue weighted by molar-refractivity contribution is -0.134. The SMILES string of the molecule is CCCOCC(=O)C(C)(C)C(C)(C)N. The second-order valence-electron chi connectivity index (χ2n) is 4.82. The van der Waals surface area contributed by atoms with Crippen LogP contribution in [-0.2, 0) is 9.53 Å². The van der Waals surface area contributed by atoms with Gasteiger partial charge in [0.15, 0.2) is 5.78 Å². The minimum Gasteiger partial charge on any atom is -0.374 e. The summed E-state index contributed by atoms with van der Waals surface area (Å²) in [6, 6.07) is 0. The van der Waals surface area contributed by atoms with Gasteiger partial charge in [0.25, 0.3) is 0 Å². The largest absolute Gasteiger partial charge is 0.374 e. The van der Waals surface area contributed by atoms with Crippen molar-refractivity contribution in [3.05, 3.63) is 0 Å². The van der Waals surface area contributed by atoms with E-state index in [0.29, 0.717) is 6.61 Å². The van der Waals surface area contributed by atoms with Gasteiger partial charge in [0.1, 0.15) is 6.61 Å². The summed E-state index contributed by atoms with van der Waals surface area (Å²) in [7, 11) is 0. The molecule has 0 aliphatic rings. The molecule has 84 valence electrons. The number of carbonyl (C=O) groups excluding carboxylic acids is 1. The fourth-order valence-electron chi connectivity index (χ4n) is 0.849. The van der Waals surface area contributed by atoms with Gasteiger partial charge in [0, 0.05) is 17.6 Å². The molecule has 0 amide bonds. The van der Waals surface area contributed by atoms with Crippen LogP contribution < -0.4 is 5.73 Å². The number of hydrogen-bond donors (Lipinski definition) is 1. The van der Waals surface area contributed by atoms with E-state index in [1.54, 1.807) is 0 Å². The van der Waals surface area contributed by atoms with Crippen molar-refractivity contribution in [3.63, 3.8) is 0 Å². The highest BCUT2D eigenvalue weighted by molar-refractivity contribution is 5.86. The lowest BCUT2D eigenvalue weighted by Gasteiger charge is -2.36. The van der Waals surface area contributed by atoms with Crippen molar-refractivity contribution in [1.82, 2.24) is 0 Å². The van der Waals surface area contributed by atoms with Crippen LogP contribution in [0.15, 0.2) is 0 Å². The molecule has 0 bridgehead atoms. The Kier molecular flexibility index (Phi) is 4.75. The molecule has 0 saturated carbocycles. The fourth-order valence-corrected chi connectivity index (χ4v) is 0.849. The number of ketones is 1. The van der Waals surface area contributed by atoms with Crippen LogP contribution in [0.2, 0.25) is 0 Å². The lowest BCUT2D eigenvalue weighted by atomic mass is 9.72. The number of Topliss-reactive ketones (excluding diaryl/α,β-unsaturated/α-hetero) is 1. The van der Waals surface area contributed by atoms with E-state index in [2.05, 4.69) is 0 Å². The van der Waals surface area contributed by atoms with Crippen LogP contribution >= 0.6 is 0 Å². The molecule has 0 atom stereocenters. The van der Waals surface area contributed by atoms with Crippen molar-refractivity contribution in [2.45, 2.75) is 46.6 Å². The molecule has 0 aromatic carbocycles. The maximum atomic E-state index is 11.8. The first-order chi connectivity index (χ1) is 6.23. The van der Waals surface area contributed by atoms with E-state index in [0.717, 1.165) is 6.42 Å². The Morgan fingerprint density at radius 1 is 1.29 bits per heavy atom. The van der Waals surface area contributed by atoms with Gasteiger partial charge in [-0.05, 0) is 20.3 Å². The third kappa shape index (κ3) is 3.39. The third-order valence-electron chi connectivity index (χ3n) is 2.89. The van der Waals surface area contributed by atoms with Crippen LogP contribution in [0, 0.1) is 5.41 Å². The standard InChI is InChI=1S/C11H23NO2/c1-6-7-14-8-9(13)10(2,3)11(4,5)12/h6-8,12H2,1-5H3. The lowest BCUT2D eigenvalue weighted by Crippen LogP contribution is -2.52. The maximum Gasteiger partial charge on any atom is 0.165 e. The second kappa shape index (κ2) is 4.89. The summed E-state index contributed by atoms with van der Waals surface area (Å²) in [4.78, 5) is 11.8. The molecule has 3 heteroatoms. The predicted octanol–water partition coefficient (Wildman–Crippen LogP) is 1.75. The van der Waals surface area contributed by atoms with E-state index in [1.165, 1.54) is 0 Å². The van der Waals surface area contributed by atoms with Gasteiger partial charge in [-0.3, -0.25) is 4.79 Å². The Labute approximate surface area is 87.0 Å². The Morgan fingerprint density at radius 2 is 1.79 bits per heavy atom. The summed E-state index contributed by atoms with van der Waals surface area (Å²) in [5.74, 6) is 0.0680. The summed E-state index contributed by atoms with van der Waals surface area (Å²) in [6.07, 6.45) is 0.930. The molecule has 0 aromatic rings. The number of ether oxygens (including phenoxy) is 1. The van der Waals surface area contributed by atoms with Gasteiger partial charge in [-0.1, -0.05) is 20.8 Å². The third-order valence-corrected chi connectivity index (χ3v) is 2.89. The summed E-state index contributed by atoms with van der Waals surface area (Å²) in [6.45, 7) is 10.3. The average Bonchev–Trinajstić information content (AvgIpc) is 2.02. The molecule has 14 heavy (non-hydrogen) atoms.